The van der Waals surface area contributed by atoms with Gasteiger partial charge in [0.05, 0.1) is 30.1 Å². The van der Waals surface area contributed by atoms with E-state index in [-0.39, 0.29) is 18.4 Å². The van der Waals surface area contributed by atoms with Crippen LogP contribution in [0.15, 0.2) is 24.5 Å². The number of esters is 1. The summed E-state index contributed by atoms with van der Waals surface area (Å²) in [6, 6.07) is 3.74. The molecule has 34 heavy (non-hydrogen) atoms. The first-order valence-electron chi connectivity index (χ1n) is 12.1. The topological polar surface area (TPSA) is 104 Å². The van der Waals surface area contributed by atoms with Crippen molar-refractivity contribution in [3.05, 3.63) is 30.1 Å². The fourth-order valence-corrected chi connectivity index (χ4v) is 5.06. The molecule has 0 bridgehead atoms. The van der Waals surface area contributed by atoms with Crippen LogP contribution < -0.4 is 15.1 Å². The van der Waals surface area contributed by atoms with Crippen molar-refractivity contribution in [3.8, 4) is 0 Å². The molecular weight excluding hydrogens is 434 g/mol. The molecule has 0 saturated carbocycles. The average molecular weight is 466 g/mol. The molecule has 2 aromatic rings. The molecule has 1 N–H and O–H groups in total. The Morgan fingerprint density at radius 3 is 2.68 bits per heavy atom. The molecule has 0 aromatic carbocycles. The number of fused-ring (bicyclic) bond motifs is 3. The summed E-state index contributed by atoms with van der Waals surface area (Å²) >= 11 is 0. The Balaban J connectivity index is 1.36. The van der Waals surface area contributed by atoms with E-state index in [1.165, 1.54) is 6.20 Å². The van der Waals surface area contributed by atoms with Gasteiger partial charge in [0, 0.05) is 38.9 Å². The lowest BCUT2D eigenvalue weighted by Gasteiger charge is -2.43. The molecule has 10 nitrogen and oxygen atoms in total. The highest BCUT2D eigenvalue weighted by molar-refractivity contribution is 6.13. The monoisotopic (exact) mass is 465 g/mol. The summed E-state index contributed by atoms with van der Waals surface area (Å²) in [6.45, 7) is 6.79. The minimum Gasteiger partial charge on any atom is -0.465 e. The molecule has 5 rings (SSSR count). The van der Waals surface area contributed by atoms with Gasteiger partial charge in [-0.15, -0.1) is 0 Å². The lowest BCUT2D eigenvalue weighted by molar-refractivity contribution is -0.147. The first kappa shape index (κ1) is 22.5. The number of nitrogens with one attached hydrogen (secondary N) is 1. The highest BCUT2D eigenvalue weighted by Crippen LogP contribution is 2.38. The first-order chi connectivity index (χ1) is 16.5. The van der Waals surface area contributed by atoms with Crippen molar-refractivity contribution in [2.75, 3.05) is 61.5 Å². The Bertz CT molecular complexity index is 1050. The Morgan fingerprint density at radius 2 is 1.94 bits per heavy atom. The number of nitrogens with zero attached hydrogens (tertiary/aromatic N) is 6. The van der Waals surface area contributed by atoms with Crippen LogP contribution in [0.5, 0.6) is 0 Å². The second-order valence-corrected chi connectivity index (χ2v) is 9.10. The molecule has 10 heteroatoms. The van der Waals surface area contributed by atoms with Crippen LogP contribution in [0.4, 0.5) is 23.3 Å². The number of pyridine rings is 1. The second-order valence-electron chi connectivity index (χ2n) is 9.10. The summed E-state index contributed by atoms with van der Waals surface area (Å²) in [4.78, 5) is 46.1. The van der Waals surface area contributed by atoms with E-state index in [2.05, 4.69) is 42.0 Å². The maximum atomic E-state index is 13.2. The molecule has 2 fully saturated rings. The zero-order valence-electron chi connectivity index (χ0n) is 19.7. The number of aromatic nitrogens is 3. The molecule has 2 unspecified atom stereocenters. The van der Waals surface area contributed by atoms with Gasteiger partial charge in [0.2, 0.25) is 5.95 Å². The minimum atomic E-state index is -0.820. The van der Waals surface area contributed by atoms with Crippen LogP contribution in [0.25, 0.3) is 0 Å². The van der Waals surface area contributed by atoms with Crippen LogP contribution in [-0.2, 0) is 9.53 Å². The van der Waals surface area contributed by atoms with Crippen molar-refractivity contribution in [2.24, 2.45) is 5.92 Å². The third kappa shape index (κ3) is 4.29. The van der Waals surface area contributed by atoms with E-state index in [0.29, 0.717) is 23.1 Å². The quantitative estimate of drug-likeness (QED) is 0.521. The van der Waals surface area contributed by atoms with Crippen LogP contribution in [0.1, 0.15) is 36.5 Å². The van der Waals surface area contributed by atoms with Crippen molar-refractivity contribution >= 4 is 35.0 Å². The molecule has 0 radical (unpaired) electrons. The zero-order valence-corrected chi connectivity index (χ0v) is 19.7. The van der Waals surface area contributed by atoms with E-state index in [0.717, 1.165) is 57.7 Å². The lowest BCUT2D eigenvalue weighted by Crippen LogP contribution is -2.54. The molecule has 3 aliphatic rings. The van der Waals surface area contributed by atoms with E-state index >= 15 is 0 Å². The number of hydrogen-bond donors (Lipinski definition) is 1. The van der Waals surface area contributed by atoms with E-state index in [1.54, 1.807) is 6.92 Å². The Labute approximate surface area is 199 Å². The highest BCUT2D eigenvalue weighted by Gasteiger charge is 2.47. The highest BCUT2D eigenvalue weighted by atomic mass is 16.5. The fourth-order valence-electron chi connectivity index (χ4n) is 5.06. The number of carbonyl (C=O) groups is 2. The summed E-state index contributed by atoms with van der Waals surface area (Å²) < 4.78 is 5.22. The standard InChI is InChI=1S/C24H31N7O3/c1-3-34-23(33)20-18-6-4-5-9-31(18)22-17(21(20)32)15-26-24(28-22)27-19-8-7-16(14-25-19)30-12-10-29(2)11-13-30/h7-8,14-15,18,20H,3-6,9-13H2,1-2H3,(H,25,26,27,28). The van der Waals surface area contributed by atoms with Gasteiger partial charge in [-0.1, -0.05) is 0 Å². The summed E-state index contributed by atoms with van der Waals surface area (Å²) in [5, 5.41) is 3.17. The number of piperidine rings is 1. The maximum absolute atomic E-state index is 13.2. The molecular formula is C24H31N7O3. The normalized spacial score (nSPS) is 22.7. The van der Waals surface area contributed by atoms with Crippen molar-refractivity contribution in [2.45, 2.75) is 32.2 Å². The summed E-state index contributed by atoms with van der Waals surface area (Å²) in [6.07, 6.45) is 6.10. The van der Waals surface area contributed by atoms with Crippen LogP contribution in [0, 0.1) is 5.92 Å². The fraction of sp³-hybridized carbons (Fsp3) is 0.542. The summed E-state index contributed by atoms with van der Waals surface area (Å²) in [5.74, 6) is 0.0744. The van der Waals surface area contributed by atoms with E-state index in [9.17, 15) is 9.59 Å². The Morgan fingerprint density at radius 1 is 1.12 bits per heavy atom. The van der Waals surface area contributed by atoms with Gasteiger partial charge in [-0.25, -0.2) is 9.97 Å². The Hall–Kier alpha value is -3.27. The molecule has 180 valence electrons. The van der Waals surface area contributed by atoms with Gasteiger partial charge in [-0.05, 0) is 45.4 Å². The van der Waals surface area contributed by atoms with E-state index < -0.39 is 11.9 Å². The third-order valence-electron chi connectivity index (χ3n) is 6.92. The number of ether oxygens (including phenoxy) is 1. The van der Waals surface area contributed by atoms with Gasteiger partial charge in [0.15, 0.2) is 5.78 Å². The van der Waals surface area contributed by atoms with E-state index in [4.69, 9.17) is 4.74 Å². The van der Waals surface area contributed by atoms with Crippen LogP contribution in [-0.4, -0.2) is 84.0 Å². The number of likely N-dealkylation sites (N-methyl/N-ethyl adjacent to an activating group) is 1. The SMILES string of the molecule is CCOC(=O)C1C(=O)c2cnc(Nc3ccc(N4CCN(C)CC4)cn3)nc2N2CCCCC12. The smallest absolute Gasteiger partial charge is 0.318 e. The molecule has 2 saturated heterocycles. The van der Waals surface area contributed by atoms with Gasteiger partial charge < -0.3 is 24.8 Å². The largest absolute Gasteiger partial charge is 0.465 e. The number of Topliss-reactive ketones (excluding diaryl/α,β-unsaturated/α-hetero) is 1. The number of carbonyl (C=O) groups excluding carboxylic acids is 2. The second kappa shape index (κ2) is 9.54. The molecule has 5 heterocycles. The molecule has 2 aromatic heterocycles. The zero-order chi connectivity index (χ0) is 23.7. The average Bonchev–Trinajstić information content (AvgIpc) is 2.85. The predicted molar refractivity (Wildman–Crippen MR) is 129 cm³/mol. The molecule has 2 atom stereocenters. The van der Waals surface area contributed by atoms with E-state index in [1.807, 2.05) is 18.3 Å². The molecule has 0 spiro atoms. The van der Waals surface area contributed by atoms with Crippen molar-refractivity contribution in [3.63, 3.8) is 0 Å². The van der Waals surface area contributed by atoms with Gasteiger partial charge in [0.1, 0.15) is 17.6 Å². The van der Waals surface area contributed by atoms with Crippen LogP contribution >= 0.6 is 0 Å². The minimum absolute atomic E-state index is 0.225. The Kier molecular flexibility index (Phi) is 6.32. The number of rotatable bonds is 5. The van der Waals surface area contributed by atoms with Crippen LogP contribution in [0.3, 0.4) is 0 Å². The first-order valence-corrected chi connectivity index (χ1v) is 12.1. The lowest BCUT2D eigenvalue weighted by atomic mass is 9.81. The van der Waals surface area contributed by atoms with Gasteiger partial charge in [-0.3, -0.25) is 9.59 Å². The molecule has 0 amide bonds. The van der Waals surface area contributed by atoms with Gasteiger partial charge in [-0.2, -0.15) is 4.98 Å². The summed E-state index contributed by atoms with van der Waals surface area (Å²) in [7, 11) is 2.14. The number of anilines is 4. The van der Waals surface area contributed by atoms with Gasteiger partial charge in [0.25, 0.3) is 0 Å². The van der Waals surface area contributed by atoms with Crippen molar-refractivity contribution < 1.29 is 14.3 Å². The number of ketones is 1. The molecule has 3 aliphatic heterocycles. The third-order valence-corrected chi connectivity index (χ3v) is 6.92. The van der Waals surface area contributed by atoms with Crippen molar-refractivity contribution in [1.29, 1.82) is 0 Å². The number of piperazine rings is 1. The van der Waals surface area contributed by atoms with Crippen LogP contribution in [0.2, 0.25) is 0 Å². The van der Waals surface area contributed by atoms with Crippen molar-refractivity contribution in [1.82, 2.24) is 19.9 Å². The molecule has 0 aliphatic carbocycles. The van der Waals surface area contributed by atoms with Gasteiger partial charge >= 0.3 is 5.97 Å². The maximum Gasteiger partial charge on any atom is 0.318 e. The number of hydrogen-bond acceptors (Lipinski definition) is 10. The summed E-state index contributed by atoms with van der Waals surface area (Å²) in [5.41, 5.74) is 1.47. The predicted octanol–water partition coefficient (Wildman–Crippen LogP) is 2.10.